The van der Waals surface area contributed by atoms with Crippen LogP contribution in [0.15, 0.2) is 36.4 Å². The van der Waals surface area contributed by atoms with Gasteiger partial charge >= 0.3 is 6.03 Å². The molecule has 0 bridgehead atoms. The third-order valence-corrected chi connectivity index (χ3v) is 4.47. The Balaban J connectivity index is 1.72. The molecule has 0 atom stereocenters. The standard InChI is InChI=1S/C20H23N3O4/c1-13-6-7-14(11-16(13)23-10-4-5-19(23)24)21-20(25)22-15-8-9-17(26-2)18(12-15)27-3/h6-9,11-12H,4-5,10H2,1-3H3,(H2,21,22,25). The summed E-state index contributed by atoms with van der Waals surface area (Å²) >= 11 is 0. The molecule has 2 aromatic carbocycles. The summed E-state index contributed by atoms with van der Waals surface area (Å²) in [5, 5.41) is 5.57. The fraction of sp³-hybridized carbons (Fsp3) is 0.300. The molecule has 0 aliphatic carbocycles. The van der Waals surface area contributed by atoms with Gasteiger partial charge in [-0.1, -0.05) is 6.07 Å². The first-order valence-electron chi connectivity index (χ1n) is 8.73. The summed E-state index contributed by atoms with van der Waals surface area (Å²) in [7, 11) is 3.09. The van der Waals surface area contributed by atoms with E-state index in [0.717, 1.165) is 17.7 Å². The average molecular weight is 369 g/mol. The molecule has 0 saturated carbocycles. The zero-order valence-corrected chi connectivity index (χ0v) is 15.7. The summed E-state index contributed by atoms with van der Waals surface area (Å²) in [4.78, 5) is 26.1. The number of hydrogen-bond donors (Lipinski definition) is 2. The molecule has 1 aliphatic rings. The van der Waals surface area contributed by atoms with Crippen molar-refractivity contribution in [2.24, 2.45) is 0 Å². The van der Waals surface area contributed by atoms with Gasteiger partial charge in [-0.3, -0.25) is 4.79 Å². The van der Waals surface area contributed by atoms with Crippen LogP contribution < -0.4 is 25.0 Å². The van der Waals surface area contributed by atoms with Crippen molar-refractivity contribution in [2.75, 3.05) is 36.3 Å². The zero-order chi connectivity index (χ0) is 19.4. The normalized spacial score (nSPS) is 13.4. The van der Waals surface area contributed by atoms with E-state index in [1.165, 1.54) is 7.11 Å². The molecular weight excluding hydrogens is 346 g/mol. The Morgan fingerprint density at radius 2 is 1.67 bits per heavy atom. The minimum atomic E-state index is -0.384. The van der Waals surface area contributed by atoms with Crippen LogP contribution >= 0.6 is 0 Å². The first-order valence-corrected chi connectivity index (χ1v) is 8.73. The molecule has 142 valence electrons. The van der Waals surface area contributed by atoms with Gasteiger partial charge < -0.3 is 25.0 Å². The maximum absolute atomic E-state index is 12.3. The molecule has 7 nitrogen and oxygen atoms in total. The quantitative estimate of drug-likeness (QED) is 0.840. The van der Waals surface area contributed by atoms with Gasteiger partial charge in [0.15, 0.2) is 11.5 Å². The smallest absolute Gasteiger partial charge is 0.323 e. The van der Waals surface area contributed by atoms with Crippen molar-refractivity contribution >= 4 is 29.0 Å². The lowest BCUT2D eigenvalue weighted by Gasteiger charge is -2.19. The van der Waals surface area contributed by atoms with Gasteiger partial charge in [0.25, 0.3) is 0 Å². The van der Waals surface area contributed by atoms with Crippen LogP contribution in [0.2, 0.25) is 0 Å². The Labute approximate surface area is 158 Å². The number of nitrogens with one attached hydrogen (secondary N) is 2. The number of benzene rings is 2. The van der Waals surface area contributed by atoms with Gasteiger partial charge in [0.2, 0.25) is 5.91 Å². The van der Waals surface area contributed by atoms with E-state index in [9.17, 15) is 9.59 Å². The Kier molecular flexibility index (Phi) is 5.49. The van der Waals surface area contributed by atoms with E-state index in [0.29, 0.717) is 35.8 Å². The highest BCUT2D eigenvalue weighted by Gasteiger charge is 2.23. The molecule has 0 aromatic heterocycles. The molecule has 7 heteroatoms. The number of anilines is 3. The molecule has 3 amide bonds. The van der Waals surface area contributed by atoms with Gasteiger partial charge in [-0.25, -0.2) is 4.79 Å². The van der Waals surface area contributed by atoms with Crippen molar-refractivity contribution in [1.29, 1.82) is 0 Å². The van der Waals surface area contributed by atoms with Crippen LogP contribution in [0.4, 0.5) is 21.9 Å². The number of urea groups is 1. The molecule has 1 saturated heterocycles. The molecule has 0 unspecified atom stereocenters. The van der Waals surface area contributed by atoms with Crippen LogP contribution in [-0.4, -0.2) is 32.7 Å². The van der Waals surface area contributed by atoms with Gasteiger partial charge in [0.1, 0.15) is 0 Å². The van der Waals surface area contributed by atoms with Crippen LogP contribution in [0.25, 0.3) is 0 Å². The summed E-state index contributed by atoms with van der Waals surface area (Å²) in [6.07, 6.45) is 1.42. The maximum Gasteiger partial charge on any atom is 0.323 e. The van der Waals surface area contributed by atoms with E-state index in [1.807, 2.05) is 25.1 Å². The Bertz CT molecular complexity index is 866. The Hall–Kier alpha value is -3.22. The molecule has 1 heterocycles. The number of hydrogen-bond acceptors (Lipinski definition) is 4. The number of carbonyl (C=O) groups excluding carboxylic acids is 2. The molecule has 3 rings (SSSR count). The maximum atomic E-state index is 12.3. The lowest BCUT2D eigenvalue weighted by molar-refractivity contribution is -0.117. The predicted molar refractivity (Wildman–Crippen MR) is 105 cm³/mol. The Morgan fingerprint density at radius 1 is 1.00 bits per heavy atom. The van der Waals surface area contributed by atoms with Crippen molar-refractivity contribution in [3.05, 3.63) is 42.0 Å². The van der Waals surface area contributed by atoms with Crippen molar-refractivity contribution in [2.45, 2.75) is 19.8 Å². The second-order valence-corrected chi connectivity index (χ2v) is 6.30. The van der Waals surface area contributed by atoms with E-state index in [4.69, 9.17) is 9.47 Å². The van der Waals surface area contributed by atoms with Crippen LogP contribution in [0.3, 0.4) is 0 Å². The number of methoxy groups -OCH3 is 2. The Morgan fingerprint density at radius 3 is 2.30 bits per heavy atom. The monoisotopic (exact) mass is 369 g/mol. The fourth-order valence-electron chi connectivity index (χ4n) is 3.09. The molecule has 2 aromatic rings. The largest absolute Gasteiger partial charge is 0.493 e. The SMILES string of the molecule is COc1ccc(NC(=O)Nc2ccc(C)c(N3CCCC3=O)c2)cc1OC. The molecular formula is C20H23N3O4. The lowest BCUT2D eigenvalue weighted by Crippen LogP contribution is -2.25. The number of ether oxygens (including phenoxy) is 2. The molecule has 0 spiro atoms. The van der Waals surface area contributed by atoms with E-state index >= 15 is 0 Å². The van der Waals surface area contributed by atoms with Gasteiger partial charge in [0.05, 0.1) is 14.2 Å². The van der Waals surface area contributed by atoms with Gasteiger partial charge in [0, 0.05) is 36.1 Å². The van der Waals surface area contributed by atoms with Gasteiger partial charge in [-0.15, -0.1) is 0 Å². The van der Waals surface area contributed by atoms with E-state index < -0.39 is 0 Å². The second kappa shape index (κ2) is 7.99. The van der Waals surface area contributed by atoms with Gasteiger partial charge in [-0.05, 0) is 43.2 Å². The highest BCUT2D eigenvalue weighted by Crippen LogP contribution is 2.30. The predicted octanol–water partition coefficient (Wildman–Crippen LogP) is 3.78. The summed E-state index contributed by atoms with van der Waals surface area (Å²) in [5.41, 5.74) is 3.03. The topological polar surface area (TPSA) is 79.9 Å². The van der Waals surface area contributed by atoms with E-state index in [2.05, 4.69) is 10.6 Å². The fourth-order valence-corrected chi connectivity index (χ4v) is 3.09. The third kappa shape index (κ3) is 4.13. The molecule has 0 radical (unpaired) electrons. The highest BCUT2D eigenvalue weighted by atomic mass is 16.5. The summed E-state index contributed by atoms with van der Waals surface area (Å²) in [6, 6.07) is 10.3. The summed E-state index contributed by atoms with van der Waals surface area (Å²) < 4.78 is 10.4. The number of rotatable bonds is 5. The number of nitrogens with zero attached hydrogens (tertiary/aromatic N) is 1. The molecule has 27 heavy (non-hydrogen) atoms. The van der Waals surface area contributed by atoms with Crippen LogP contribution in [-0.2, 0) is 4.79 Å². The molecule has 1 aliphatic heterocycles. The van der Waals surface area contributed by atoms with Crippen molar-refractivity contribution in [3.8, 4) is 11.5 Å². The van der Waals surface area contributed by atoms with E-state index in [1.54, 1.807) is 30.2 Å². The zero-order valence-electron chi connectivity index (χ0n) is 15.7. The van der Waals surface area contributed by atoms with E-state index in [-0.39, 0.29) is 11.9 Å². The third-order valence-electron chi connectivity index (χ3n) is 4.47. The second-order valence-electron chi connectivity index (χ2n) is 6.30. The lowest BCUT2D eigenvalue weighted by atomic mass is 10.1. The van der Waals surface area contributed by atoms with Crippen molar-refractivity contribution in [3.63, 3.8) is 0 Å². The summed E-state index contributed by atoms with van der Waals surface area (Å²) in [5.74, 6) is 1.23. The van der Waals surface area contributed by atoms with Crippen molar-refractivity contribution < 1.29 is 19.1 Å². The van der Waals surface area contributed by atoms with Gasteiger partial charge in [-0.2, -0.15) is 0 Å². The first kappa shape index (κ1) is 18.6. The highest BCUT2D eigenvalue weighted by molar-refractivity contribution is 6.01. The number of amides is 3. The summed E-state index contributed by atoms with van der Waals surface area (Å²) in [6.45, 7) is 2.66. The van der Waals surface area contributed by atoms with Crippen LogP contribution in [0, 0.1) is 6.92 Å². The minimum Gasteiger partial charge on any atom is -0.493 e. The molecule has 2 N–H and O–H groups in total. The number of carbonyl (C=O) groups is 2. The number of aryl methyl sites for hydroxylation is 1. The molecule has 1 fully saturated rings. The average Bonchev–Trinajstić information content (AvgIpc) is 3.08. The van der Waals surface area contributed by atoms with Crippen LogP contribution in [0.1, 0.15) is 18.4 Å². The first-order chi connectivity index (χ1) is 13.0. The van der Waals surface area contributed by atoms with Crippen LogP contribution in [0.5, 0.6) is 11.5 Å². The van der Waals surface area contributed by atoms with Crippen molar-refractivity contribution in [1.82, 2.24) is 0 Å². The minimum absolute atomic E-state index is 0.116.